The molecule has 182 valence electrons. The molecule has 5 aromatic carbocycles. The van der Waals surface area contributed by atoms with Gasteiger partial charge in [0, 0.05) is 17.6 Å². The largest absolute Gasteiger partial charge is 0.445 e. The van der Waals surface area contributed by atoms with Gasteiger partial charge in [-0.1, -0.05) is 113 Å². The van der Waals surface area contributed by atoms with Crippen LogP contribution in [-0.4, -0.2) is 17.5 Å². The number of amides is 1. The van der Waals surface area contributed by atoms with Crippen LogP contribution in [0, 0.1) is 0 Å². The minimum absolute atomic E-state index is 0.273. The van der Waals surface area contributed by atoms with Crippen LogP contribution in [-0.2, 0) is 24.3 Å². The predicted molar refractivity (Wildman–Crippen MR) is 153 cm³/mol. The molecular weight excluding hydrogens is 522 g/mol. The number of benzene rings is 5. The van der Waals surface area contributed by atoms with E-state index in [9.17, 15) is 4.79 Å². The summed E-state index contributed by atoms with van der Waals surface area (Å²) < 4.78 is 6.77. The van der Waals surface area contributed by atoms with E-state index in [1.807, 2.05) is 35.2 Å². The molecule has 6 rings (SSSR count). The Morgan fingerprint density at radius 3 is 1.95 bits per heavy atom. The second-order valence-electron chi connectivity index (χ2n) is 9.34. The Morgan fingerprint density at radius 2 is 1.27 bits per heavy atom. The normalized spacial score (nSPS) is 12.8. The number of halogens is 1. The summed E-state index contributed by atoms with van der Waals surface area (Å²) in [5.41, 5.74) is 8.31. The standard InChI is InChI=1S/C33H26BrNO2/c34-26-17-15-25(16-18-26)32-28-14-8-7-13-27(28)31(24-11-5-2-6-12-24)29-19-20-35(21-30(29)32)33(36)37-22-23-9-3-1-4-10-23/h1-18H,19-22H2. The summed E-state index contributed by atoms with van der Waals surface area (Å²) >= 11 is 3.58. The molecule has 5 aromatic rings. The lowest BCUT2D eigenvalue weighted by atomic mass is 9.81. The number of carbonyl (C=O) groups excluding carboxylic acids is 1. The predicted octanol–water partition coefficient (Wildman–Crippen LogP) is 8.63. The van der Waals surface area contributed by atoms with E-state index in [-0.39, 0.29) is 12.7 Å². The Hall–Kier alpha value is -3.89. The summed E-state index contributed by atoms with van der Waals surface area (Å²) in [5, 5.41) is 2.44. The fourth-order valence-electron chi connectivity index (χ4n) is 5.36. The number of rotatable bonds is 4. The summed E-state index contributed by atoms with van der Waals surface area (Å²) in [6.45, 7) is 1.41. The van der Waals surface area contributed by atoms with Crippen LogP contribution in [0.5, 0.6) is 0 Å². The van der Waals surface area contributed by atoms with Crippen molar-refractivity contribution >= 4 is 32.8 Å². The number of hydrogen-bond acceptors (Lipinski definition) is 2. The summed E-state index contributed by atoms with van der Waals surface area (Å²) in [6.07, 6.45) is 0.500. The minimum Gasteiger partial charge on any atom is -0.445 e. The monoisotopic (exact) mass is 547 g/mol. The number of fused-ring (bicyclic) bond motifs is 2. The molecule has 0 aromatic heterocycles. The molecule has 1 heterocycles. The molecule has 3 nitrogen and oxygen atoms in total. The molecule has 0 saturated carbocycles. The van der Waals surface area contributed by atoms with Crippen molar-refractivity contribution in [3.05, 3.63) is 130 Å². The van der Waals surface area contributed by atoms with Crippen LogP contribution in [0.15, 0.2) is 114 Å². The molecule has 1 amide bonds. The summed E-state index contributed by atoms with van der Waals surface area (Å²) in [7, 11) is 0. The van der Waals surface area contributed by atoms with Crippen LogP contribution in [0.1, 0.15) is 16.7 Å². The molecule has 1 aliphatic rings. The highest BCUT2D eigenvalue weighted by Crippen LogP contribution is 2.44. The van der Waals surface area contributed by atoms with Gasteiger partial charge in [0.2, 0.25) is 0 Å². The topological polar surface area (TPSA) is 29.5 Å². The second-order valence-corrected chi connectivity index (χ2v) is 10.3. The van der Waals surface area contributed by atoms with E-state index in [0.29, 0.717) is 13.1 Å². The van der Waals surface area contributed by atoms with Crippen molar-refractivity contribution in [3.8, 4) is 22.3 Å². The van der Waals surface area contributed by atoms with Crippen LogP contribution < -0.4 is 0 Å². The highest BCUT2D eigenvalue weighted by Gasteiger charge is 2.29. The molecule has 0 bridgehead atoms. The Morgan fingerprint density at radius 1 is 0.703 bits per heavy atom. The molecule has 0 unspecified atom stereocenters. The number of hydrogen-bond donors (Lipinski definition) is 0. The third-order valence-corrected chi connectivity index (χ3v) is 7.60. The first-order chi connectivity index (χ1) is 18.2. The van der Waals surface area contributed by atoms with Crippen LogP contribution in [0.2, 0.25) is 0 Å². The van der Waals surface area contributed by atoms with Gasteiger partial charge in [0.25, 0.3) is 0 Å². The van der Waals surface area contributed by atoms with Crippen molar-refractivity contribution < 1.29 is 9.53 Å². The fraction of sp³-hybridized carbons (Fsp3) is 0.121. The maximum absolute atomic E-state index is 13.2. The second kappa shape index (κ2) is 10.2. The van der Waals surface area contributed by atoms with Gasteiger partial charge >= 0.3 is 6.09 Å². The third-order valence-electron chi connectivity index (χ3n) is 7.07. The van der Waals surface area contributed by atoms with E-state index in [0.717, 1.165) is 22.0 Å². The maximum Gasteiger partial charge on any atom is 0.410 e. The molecule has 37 heavy (non-hydrogen) atoms. The molecule has 4 heteroatoms. The van der Waals surface area contributed by atoms with Gasteiger partial charge in [0.15, 0.2) is 0 Å². The Bertz CT molecular complexity index is 1560. The highest BCUT2D eigenvalue weighted by atomic mass is 79.9. The van der Waals surface area contributed by atoms with Crippen LogP contribution in [0.4, 0.5) is 4.79 Å². The quantitative estimate of drug-likeness (QED) is 0.225. The van der Waals surface area contributed by atoms with Crippen LogP contribution in [0.3, 0.4) is 0 Å². The van der Waals surface area contributed by atoms with Crippen LogP contribution in [0.25, 0.3) is 33.0 Å². The minimum atomic E-state index is -0.273. The van der Waals surface area contributed by atoms with Gasteiger partial charge < -0.3 is 9.64 Å². The molecule has 0 aliphatic carbocycles. The van der Waals surface area contributed by atoms with Crippen molar-refractivity contribution in [2.24, 2.45) is 0 Å². The molecule has 0 fully saturated rings. The van der Waals surface area contributed by atoms with E-state index in [2.05, 4.69) is 94.8 Å². The van der Waals surface area contributed by atoms with Crippen molar-refractivity contribution in [3.63, 3.8) is 0 Å². The lowest BCUT2D eigenvalue weighted by Crippen LogP contribution is -2.37. The number of ether oxygens (including phenoxy) is 1. The lowest BCUT2D eigenvalue weighted by Gasteiger charge is -2.33. The first kappa shape index (κ1) is 23.5. The van der Waals surface area contributed by atoms with Gasteiger partial charge in [0.05, 0.1) is 0 Å². The first-order valence-corrected chi connectivity index (χ1v) is 13.3. The molecule has 0 N–H and O–H groups in total. The average Bonchev–Trinajstić information content (AvgIpc) is 2.96. The van der Waals surface area contributed by atoms with Gasteiger partial charge in [-0.25, -0.2) is 4.79 Å². The summed E-state index contributed by atoms with van der Waals surface area (Å²) in [6, 6.07) is 37.5. The smallest absolute Gasteiger partial charge is 0.410 e. The molecule has 0 spiro atoms. The van der Waals surface area contributed by atoms with Gasteiger partial charge in [-0.2, -0.15) is 0 Å². The third kappa shape index (κ3) is 4.65. The Balaban J connectivity index is 1.48. The lowest BCUT2D eigenvalue weighted by molar-refractivity contribution is 0.0920. The fourth-order valence-corrected chi connectivity index (χ4v) is 5.62. The molecular formula is C33H26BrNO2. The zero-order chi connectivity index (χ0) is 25.2. The zero-order valence-electron chi connectivity index (χ0n) is 20.4. The molecule has 0 radical (unpaired) electrons. The van der Waals surface area contributed by atoms with Crippen molar-refractivity contribution in [1.29, 1.82) is 0 Å². The van der Waals surface area contributed by atoms with Gasteiger partial charge in [-0.15, -0.1) is 0 Å². The highest BCUT2D eigenvalue weighted by molar-refractivity contribution is 9.10. The average molecular weight is 548 g/mol. The SMILES string of the molecule is O=C(OCc1ccccc1)N1CCc2c(c(-c3ccc(Br)cc3)c3ccccc3c2-c2ccccc2)C1. The number of carbonyl (C=O) groups is 1. The van der Waals surface area contributed by atoms with Crippen molar-refractivity contribution in [2.75, 3.05) is 6.54 Å². The van der Waals surface area contributed by atoms with Gasteiger partial charge in [0.1, 0.15) is 6.61 Å². The Kier molecular flexibility index (Phi) is 6.50. The van der Waals surface area contributed by atoms with Crippen molar-refractivity contribution in [1.82, 2.24) is 4.90 Å². The van der Waals surface area contributed by atoms with E-state index in [4.69, 9.17) is 4.74 Å². The van der Waals surface area contributed by atoms with Gasteiger partial charge in [-0.05, 0) is 68.3 Å². The van der Waals surface area contributed by atoms with E-state index >= 15 is 0 Å². The van der Waals surface area contributed by atoms with Crippen molar-refractivity contribution in [2.45, 2.75) is 19.6 Å². The van der Waals surface area contributed by atoms with E-state index < -0.39 is 0 Å². The number of nitrogens with zero attached hydrogens (tertiary/aromatic N) is 1. The summed E-state index contributed by atoms with van der Waals surface area (Å²) in [5.74, 6) is 0. The molecule has 0 atom stereocenters. The summed E-state index contributed by atoms with van der Waals surface area (Å²) in [4.78, 5) is 15.0. The van der Waals surface area contributed by atoms with E-state index in [1.54, 1.807) is 0 Å². The van der Waals surface area contributed by atoms with Gasteiger partial charge in [-0.3, -0.25) is 0 Å². The molecule has 1 aliphatic heterocycles. The van der Waals surface area contributed by atoms with E-state index in [1.165, 1.54) is 38.6 Å². The first-order valence-electron chi connectivity index (χ1n) is 12.5. The Labute approximate surface area is 225 Å². The maximum atomic E-state index is 13.2. The zero-order valence-corrected chi connectivity index (χ0v) is 21.9. The molecule has 0 saturated heterocycles. The van der Waals surface area contributed by atoms with Crippen LogP contribution >= 0.6 is 15.9 Å².